The van der Waals surface area contributed by atoms with Gasteiger partial charge in [0.2, 0.25) is 5.91 Å². The molecule has 0 aliphatic carbocycles. The van der Waals surface area contributed by atoms with Crippen molar-refractivity contribution in [1.29, 1.82) is 0 Å². The first kappa shape index (κ1) is 23.8. The van der Waals surface area contributed by atoms with Crippen LogP contribution in [-0.4, -0.2) is 34.5 Å². The van der Waals surface area contributed by atoms with Gasteiger partial charge in [0.25, 0.3) is 10.0 Å². The number of hydrogen-bond donors (Lipinski definition) is 1. The molecule has 6 nitrogen and oxygen atoms in total. The van der Waals surface area contributed by atoms with Gasteiger partial charge >= 0.3 is 0 Å². The quantitative estimate of drug-likeness (QED) is 0.405. The smallest absolute Gasteiger partial charge is 0.264 e. The minimum atomic E-state index is -3.91. The lowest BCUT2D eigenvalue weighted by Crippen LogP contribution is -2.41. The van der Waals surface area contributed by atoms with Crippen molar-refractivity contribution in [3.8, 4) is 5.75 Å². The first-order valence-corrected chi connectivity index (χ1v) is 12.4. The first-order valence-electron chi connectivity index (χ1n) is 10.1. The van der Waals surface area contributed by atoms with Crippen molar-refractivity contribution < 1.29 is 17.9 Å². The van der Waals surface area contributed by atoms with Gasteiger partial charge in [0.05, 0.1) is 17.7 Å². The molecule has 32 heavy (non-hydrogen) atoms. The van der Waals surface area contributed by atoms with Crippen LogP contribution in [0.2, 0.25) is 0 Å². The number of carbonyl (C=O) groups is 1. The lowest BCUT2D eigenvalue weighted by Gasteiger charge is -2.24. The van der Waals surface area contributed by atoms with Crippen LogP contribution in [0.5, 0.6) is 5.75 Å². The van der Waals surface area contributed by atoms with Crippen molar-refractivity contribution in [1.82, 2.24) is 5.32 Å². The maximum atomic E-state index is 13.3. The molecule has 0 bridgehead atoms. The molecule has 0 radical (unpaired) electrons. The second kappa shape index (κ2) is 11.2. The Hall–Kier alpha value is -2.84. The third-order valence-corrected chi connectivity index (χ3v) is 7.13. The molecule has 3 aromatic rings. The maximum absolute atomic E-state index is 13.3. The number of sulfonamides is 1. The average Bonchev–Trinajstić information content (AvgIpc) is 2.81. The average molecular weight is 517 g/mol. The molecule has 3 rings (SSSR count). The molecule has 0 aromatic heterocycles. The molecule has 0 unspecified atom stereocenters. The number of carbonyl (C=O) groups excluding carboxylic acids is 1. The number of nitrogens with zero attached hydrogens (tertiary/aromatic N) is 1. The first-order chi connectivity index (χ1) is 15.4. The third-order valence-electron chi connectivity index (χ3n) is 4.85. The van der Waals surface area contributed by atoms with Crippen LogP contribution in [0.3, 0.4) is 0 Å². The van der Waals surface area contributed by atoms with Gasteiger partial charge in [0.1, 0.15) is 12.3 Å². The molecule has 168 valence electrons. The van der Waals surface area contributed by atoms with Crippen molar-refractivity contribution in [3.05, 3.63) is 88.9 Å². The normalized spacial score (nSPS) is 11.1. The number of methoxy groups -OCH3 is 1. The van der Waals surface area contributed by atoms with Crippen LogP contribution in [0.15, 0.2) is 88.2 Å². The summed E-state index contributed by atoms with van der Waals surface area (Å²) in [6, 6.07) is 22.7. The van der Waals surface area contributed by atoms with Gasteiger partial charge in [-0.05, 0) is 54.8 Å². The Bertz CT molecular complexity index is 1150. The number of halogens is 1. The highest BCUT2D eigenvalue weighted by Gasteiger charge is 2.27. The Morgan fingerprint density at radius 3 is 2.44 bits per heavy atom. The van der Waals surface area contributed by atoms with Crippen LogP contribution < -0.4 is 14.4 Å². The van der Waals surface area contributed by atoms with E-state index in [9.17, 15) is 13.2 Å². The van der Waals surface area contributed by atoms with Gasteiger partial charge in [-0.1, -0.05) is 58.4 Å². The molecular formula is C24H25BrN2O4S. The van der Waals surface area contributed by atoms with E-state index in [1.807, 2.05) is 24.3 Å². The molecule has 8 heteroatoms. The molecule has 0 fully saturated rings. The summed E-state index contributed by atoms with van der Waals surface area (Å²) in [7, 11) is -2.28. The Morgan fingerprint density at radius 2 is 1.72 bits per heavy atom. The number of hydrogen-bond acceptors (Lipinski definition) is 4. The summed E-state index contributed by atoms with van der Waals surface area (Å²) in [4.78, 5) is 12.8. The minimum absolute atomic E-state index is 0.129. The topological polar surface area (TPSA) is 75.7 Å². The summed E-state index contributed by atoms with van der Waals surface area (Å²) in [6.07, 6.45) is 1.44. The van der Waals surface area contributed by atoms with Crippen molar-refractivity contribution in [2.45, 2.75) is 17.7 Å². The second-order valence-electron chi connectivity index (χ2n) is 7.07. The number of benzene rings is 3. The predicted molar refractivity (Wildman–Crippen MR) is 129 cm³/mol. The van der Waals surface area contributed by atoms with E-state index in [0.717, 1.165) is 26.5 Å². The van der Waals surface area contributed by atoms with E-state index in [2.05, 4.69) is 21.2 Å². The number of para-hydroxylation sites is 1. The van der Waals surface area contributed by atoms with Crippen molar-refractivity contribution in [2.24, 2.45) is 0 Å². The Balaban J connectivity index is 1.69. The van der Waals surface area contributed by atoms with Gasteiger partial charge in [-0.15, -0.1) is 0 Å². The zero-order valence-corrected chi connectivity index (χ0v) is 20.1. The van der Waals surface area contributed by atoms with Crippen LogP contribution >= 0.6 is 15.9 Å². The monoisotopic (exact) mass is 516 g/mol. The number of amides is 1. The van der Waals surface area contributed by atoms with E-state index in [1.165, 1.54) is 12.1 Å². The molecular weight excluding hydrogens is 492 g/mol. The fraction of sp³-hybridized carbons (Fsp3) is 0.208. The predicted octanol–water partition coefficient (Wildman–Crippen LogP) is 4.40. The van der Waals surface area contributed by atoms with Gasteiger partial charge in [-0.3, -0.25) is 9.10 Å². The molecule has 1 amide bonds. The molecule has 0 saturated heterocycles. The highest BCUT2D eigenvalue weighted by molar-refractivity contribution is 9.10. The summed E-state index contributed by atoms with van der Waals surface area (Å²) in [5.41, 5.74) is 1.47. The number of rotatable bonds is 10. The van der Waals surface area contributed by atoms with Gasteiger partial charge < -0.3 is 10.1 Å². The number of nitrogens with one attached hydrogen (secondary N) is 1. The van der Waals surface area contributed by atoms with E-state index >= 15 is 0 Å². The van der Waals surface area contributed by atoms with E-state index in [-0.39, 0.29) is 17.3 Å². The molecule has 0 aliphatic rings. The Labute approximate surface area is 197 Å². The van der Waals surface area contributed by atoms with Crippen LogP contribution in [0, 0.1) is 0 Å². The molecule has 0 saturated carbocycles. The standard InChI is InChI=1S/C24H25BrN2O4S/c1-31-23-15-6-5-9-19(23)10-8-16-26-24(28)18-27(21-12-7-11-20(25)17-21)32(29,30)22-13-3-2-4-14-22/h2-7,9,11-15,17H,8,10,16,18H2,1H3,(H,26,28). The van der Waals surface area contributed by atoms with E-state index in [4.69, 9.17) is 4.74 Å². The molecule has 0 atom stereocenters. The van der Waals surface area contributed by atoms with Gasteiger partial charge in [-0.25, -0.2) is 8.42 Å². The summed E-state index contributed by atoms with van der Waals surface area (Å²) in [5.74, 6) is 0.443. The Morgan fingerprint density at radius 1 is 1.00 bits per heavy atom. The summed E-state index contributed by atoms with van der Waals surface area (Å²) in [5, 5.41) is 2.83. The van der Waals surface area contributed by atoms with E-state index in [0.29, 0.717) is 18.7 Å². The zero-order valence-electron chi connectivity index (χ0n) is 17.7. The Kier molecular flexibility index (Phi) is 8.30. The zero-order chi connectivity index (χ0) is 23.0. The van der Waals surface area contributed by atoms with E-state index in [1.54, 1.807) is 49.6 Å². The van der Waals surface area contributed by atoms with Crippen molar-refractivity contribution >= 4 is 37.5 Å². The number of aryl methyl sites for hydroxylation is 1. The minimum Gasteiger partial charge on any atom is -0.496 e. The molecule has 1 N–H and O–H groups in total. The lowest BCUT2D eigenvalue weighted by molar-refractivity contribution is -0.119. The second-order valence-corrected chi connectivity index (χ2v) is 9.85. The molecule has 3 aromatic carbocycles. The number of anilines is 1. The summed E-state index contributed by atoms with van der Waals surface area (Å²) >= 11 is 3.37. The van der Waals surface area contributed by atoms with Crippen molar-refractivity contribution in [3.63, 3.8) is 0 Å². The molecule has 0 aliphatic heterocycles. The van der Waals surface area contributed by atoms with Crippen LogP contribution in [-0.2, 0) is 21.2 Å². The molecule has 0 heterocycles. The molecule has 0 spiro atoms. The summed E-state index contributed by atoms with van der Waals surface area (Å²) in [6.45, 7) is 0.108. The highest BCUT2D eigenvalue weighted by atomic mass is 79.9. The van der Waals surface area contributed by atoms with E-state index < -0.39 is 10.0 Å². The van der Waals surface area contributed by atoms with Crippen molar-refractivity contribution in [2.75, 3.05) is 24.5 Å². The van der Waals surface area contributed by atoms with Gasteiger partial charge in [-0.2, -0.15) is 0 Å². The largest absolute Gasteiger partial charge is 0.496 e. The fourth-order valence-electron chi connectivity index (χ4n) is 3.27. The van der Waals surface area contributed by atoms with Gasteiger partial charge in [0, 0.05) is 11.0 Å². The summed E-state index contributed by atoms with van der Waals surface area (Å²) < 4.78 is 33.8. The van der Waals surface area contributed by atoms with Crippen LogP contribution in [0.4, 0.5) is 5.69 Å². The third kappa shape index (κ3) is 6.11. The lowest BCUT2D eigenvalue weighted by atomic mass is 10.1. The van der Waals surface area contributed by atoms with Crippen LogP contribution in [0.1, 0.15) is 12.0 Å². The van der Waals surface area contributed by atoms with Gasteiger partial charge in [0.15, 0.2) is 0 Å². The number of ether oxygens (including phenoxy) is 1. The SMILES string of the molecule is COc1ccccc1CCCNC(=O)CN(c1cccc(Br)c1)S(=O)(=O)c1ccccc1. The highest BCUT2D eigenvalue weighted by Crippen LogP contribution is 2.26. The maximum Gasteiger partial charge on any atom is 0.264 e. The van der Waals surface area contributed by atoms with Crippen LogP contribution in [0.25, 0.3) is 0 Å². The fourth-order valence-corrected chi connectivity index (χ4v) is 5.09.